The van der Waals surface area contributed by atoms with Crippen molar-refractivity contribution in [1.29, 1.82) is 0 Å². The van der Waals surface area contributed by atoms with Crippen LogP contribution >= 0.6 is 11.3 Å². The average molecular weight is 245 g/mol. The van der Waals surface area contributed by atoms with E-state index in [4.69, 9.17) is 0 Å². The molecule has 1 unspecified atom stereocenters. The minimum atomic E-state index is 0.473. The van der Waals surface area contributed by atoms with Crippen molar-refractivity contribution in [1.82, 2.24) is 5.32 Å². The van der Waals surface area contributed by atoms with Gasteiger partial charge in [0.1, 0.15) is 0 Å². The van der Waals surface area contributed by atoms with Crippen LogP contribution in [0.5, 0.6) is 0 Å². The summed E-state index contributed by atoms with van der Waals surface area (Å²) in [5, 5.41) is 7.78. The summed E-state index contributed by atoms with van der Waals surface area (Å²) in [6.45, 7) is 2.19. The summed E-state index contributed by atoms with van der Waals surface area (Å²) in [6.07, 6.45) is 2.28. The van der Waals surface area contributed by atoms with Gasteiger partial charge in [0.15, 0.2) is 0 Å². The lowest BCUT2D eigenvalue weighted by Crippen LogP contribution is -2.16. The van der Waals surface area contributed by atoms with Crippen LogP contribution in [0.2, 0.25) is 0 Å². The molecular weight excluding hydrogens is 226 g/mol. The fraction of sp³-hybridized carbons (Fsp3) is 0.333. The van der Waals surface area contributed by atoms with E-state index in [-0.39, 0.29) is 0 Å². The summed E-state index contributed by atoms with van der Waals surface area (Å²) in [4.78, 5) is 0. The Bertz CT molecular complexity index is 448. The fourth-order valence-electron chi connectivity index (χ4n) is 2.14. The first-order valence-electron chi connectivity index (χ1n) is 6.05. The van der Waals surface area contributed by atoms with Crippen LogP contribution in [0.25, 0.3) is 0 Å². The molecule has 0 aliphatic heterocycles. The topological polar surface area (TPSA) is 12.0 Å². The quantitative estimate of drug-likeness (QED) is 0.841. The molecule has 0 aliphatic rings. The minimum absolute atomic E-state index is 0.473. The van der Waals surface area contributed by atoms with E-state index in [1.54, 1.807) is 11.3 Å². The van der Waals surface area contributed by atoms with Crippen molar-refractivity contribution in [2.75, 3.05) is 7.05 Å². The molecule has 2 heteroatoms. The van der Waals surface area contributed by atoms with Crippen LogP contribution in [-0.2, 0) is 6.42 Å². The highest BCUT2D eigenvalue weighted by Gasteiger charge is 2.09. The number of nitrogens with one attached hydrogen (secondary N) is 1. The minimum Gasteiger partial charge on any atom is -0.313 e. The molecule has 1 atom stereocenters. The third kappa shape index (κ3) is 3.18. The molecule has 90 valence electrons. The standard InChI is InChI=1S/C15H19NS/c1-12-5-3-4-6-13(12)7-8-15(16-2)14-9-10-17-11-14/h3-6,9-11,15-16H,7-8H2,1-2H3. The van der Waals surface area contributed by atoms with Gasteiger partial charge in [0, 0.05) is 6.04 Å². The number of rotatable bonds is 5. The third-order valence-electron chi connectivity index (χ3n) is 3.26. The van der Waals surface area contributed by atoms with E-state index >= 15 is 0 Å². The average Bonchev–Trinajstić information content (AvgIpc) is 2.86. The van der Waals surface area contributed by atoms with Gasteiger partial charge in [0.05, 0.1) is 0 Å². The lowest BCUT2D eigenvalue weighted by Gasteiger charge is -2.15. The van der Waals surface area contributed by atoms with Gasteiger partial charge < -0.3 is 5.32 Å². The Labute approximate surface area is 108 Å². The molecule has 0 spiro atoms. The van der Waals surface area contributed by atoms with Gasteiger partial charge >= 0.3 is 0 Å². The Balaban J connectivity index is 2.00. The molecule has 1 N–H and O–H groups in total. The molecule has 1 nitrogen and oxygen atoms in total. The molecule has 2 aromatic rings. The maximum Gasteiger partial charge on any atom is 0.0328 e. The van der Waals surface area contributed by atoms with E-state index in [2.05, 4.69) is 53.3 Å². The molecule has 17 heavy (non-hydrogen) atoms. The highest BCUT2D eigenvalue weighted by Crippen LogP contribution is 2.22. The van der Waals surface area contributed by atoms with E-state index in [9.17, 15) is 0 Å². The van der Waals surface area contributed by atoms with Gasteiger partial charge in [-0.1, -0.05) is 24.3 Å². The van der Waals surface area contributed by atoms with Gasteiger partial charge in [-0.3, -0.25) is 0 Å². The van der Waals surface area contributed by atoms with Crippen molar-refractivity contribution >= 4 is 11.3 Å². The predicted octanol–water partition coefficient (Wildman–Crippen LogP) is 3.95. The summed E-state index contributed by atoms with van der Waals surface area (Å²) in [5.41, 5.74) is 4.27. The second kappa shape index (κ2) is 5.99. The molecule has 0 radical (unpaired) electrons. The first-order valence-corrected chi connectivity index (χ1v) is 6.99. The number of thiophene rings is 1. The number of hydrogen-bond donors (Lipinski definition) is 1. The lowest BCUT2D eigenvalue weighted by atomic mass is 9.98. The first-order chi connectivity index (χ1) is 8.31. The predicted molar refractivity (Wildman–Crippen MR) is 75.6 cm³/mol. The van der Waals surface area contributed by atoms with Crippen LogP contribution in [0.1, 0.15) is 29.2 Å². The number of aryl methyl sites for hydroxylation is 2. The van der Waals surface area contributed by atoms with Crippen molar-refractivity contribution in [3.63, 3.8) is 0 Å². The Kier molecular flexibility index (Phi) is 4.35. The molecule has 0 saturated heterocycles. The molecule has 0 fully saturated rings. The van der Waals surface area contributed by atoms with Crippen molar-refractivity contribution in [3.05, 3.63) is 57.8 Å². The molecule has 1 aromatic heterocycles. The second-order valence-corrected chi connectivity index (χ2v) is 5.14. The van der Waals surface area contributed by atoms with E-state index in [0.29, 0.717) is 6.04 Å². The summed E-state index contributed by atoms with van der Waals surface area (Å²) in [5.74, 6) is 0. The van der Waals surface area contributed by atoms with E-state index in [0.717, 1.165) is 12.8 Å². The van der Waals surface area contributed by atoms with Gasteiger partial charge in [-0.2, -0.15) is 11.3 Å². The number of hydrogen-bond acceptors (Lipinski definition) is 2. The largest absolute Gasteiger partial charge is 0.313 e. The van der Waals surface area contributed by atoms with Crippen LogP contribution < -0.4 is 5.32 Å². The van der Waals surface area contributed by atoms with Gasteiger partial charge in [-0.25, -0.2) is 0 Å². The highest BCUT2D eigenvalue weighted by atomic mass is 32.1. The molecule has 2 rings (SSSR count). The van der Waals surface area contributed by atoms with Gasteiger partial charge in [-0.15, -0.1) is 0 Å². The monoisotopic (exact) mass is 245 g/mol. The lowest BCUT2D eigenvalue weighted by molar-refractivity contribution is 0.550. The molecule has 1 aromatic carbocycles. The van der Waals surface area contributed by atoms with Gasteiger partial charge in [-0.05, 0) is 60.3 Å². The molecule has 0 saturated carbocycles. The molecule has 0 aliphatic carbocycles. The Morgan fingerprint density at radius 2 is 2.06 bits per heavy atom. The second-order valence-electron chi connectivity index (χ2n) is 4.36. The highest BCUT2D eigenvalue weighted by molar-refractivity contribution is 7.07. The Morgan fingerprint density at radius 1 is 1.24 bits per heavy atom. The maximum absolute atomic E-state index is 3.40. The Morgan fingerprint density at radius 3 is 2.71 bits per heavy atom. The van der Waals surface area contributed by atoms with Crippen molar-refractivity contribution in [2.24, 2.45) is 0 Å². The maximum atomic E-state index is 3.40. The van der Waals surface area contributed by atoms with E-state index < -0.39 is 0 Å². The molecule has 0 bridgehead atoms. The molecule has 0 amide bonds. The molecular formula is C15H19NS. The summed E-state index contributed by atoms with van der Waals surface area (Å²) in [7, 11) is 2.04. The van der Waals surface area contributed by atoms with Crippen LogP contribution in [0.3, 0.4) is 0 Å². The third-order valence-corrected chi connectivity index (χ3v) is 3.96. The van der Waals surface area contributed by atoms with E-state index in [1.165, 1.54) is 16.7 Å². The Hall–Kier alpha value is -1.12. The van der Waals surface area contributed by atoms with Crippen LogP contribution in [0, 0.1) is 6.92 Å². The smallest absolute Gasteiger partial charge is 0.0328 e. The summed E-state index contributed by atoms with van der Waals surface area (Å²) in [6, 6.07) is 11.3. The van der Waals surface area contributed by atoms with Crippen LogP contribution in [0.4, 0.5) is 0 Å². The zero-order valence-corrected chi connectivity index (χ0v) is 11.3. The van der Waals surface area contributed by atoms with Crippen LogP contribution in [-0.4, -0.2) is 7.05 Å². The normalized spacial score (nSPS) is 12.6. The first kappa shape index (κ1) is 12.3. The zero-order chi connectivity index (χ0) is 12.1. The SMILES string of the molecule is CNC(CCc1ccccc1C)c1ccsc1. The van der Waals surface area contributed by atoms with Crippen LogP contribution in [0.15, 0.2) is 41.1 Å². The van der Waals surface area contributed by atoms with E-state index in [1.807, 2.05) is 7.05 Å². The number of benzene rings is 1. The summed E-state index contributed by atoms with van der Waals surface area (Å²) >= 11 is 1.77. The van der Waals surface area contributed by atoms with Gasteiger partial charge in [0.2, 0.25) is 0 Å². The van der Waals surface area contributed by atoms with Crippen molar-refractivity contribution in [2.45, 2.75) is 25.8 Å². The van der Waals surface area contributed by atoms with Gasteiger partial charge in [0.25, 0.3) is 0 Å². The summed E-state index contributed by atoms with van der Waals surface area (Å²) < 4.78 is 0. The zero-order valence-electron chi connectivity index (χ0n) is 10.4. The van der Waals surface area contributed by atoms with Crippen molar-refractivity contribution < 1.29 is 0 Å². The van der Waals surface area contributed by atoms with Crippen molar-refractivity contribution in [3.8, 4) is 0 Å². The molecule has 1 heterocycles. The fourth-order valence-corrected chi connectivity index (χ4v) is 2.86.